The van der Waals surface area contributed by atoms with Crippen LogP contribution in [0.3, 0.4) is 0 Å². The molecule has 3 aromatic rings. The third-order valence-corrected chi connectivity index (χ3v) is 6.06. The molecule has 5 heteroatoms. The van der Waals surface area contributed by atoms with Crippen molar-refractivity contribution < 1.29 is 4.79 Å². The highest BCUT2D eigenvalue weighted by Crippen LogP contribution is 2.24. The highest BCUT2D eigenvalue weighted by atomic mass is 32.1. The number of carbonyl (C=O) groups is 1. The summed E-state index contributed by atoms with van der Waals surface area (Å²) in [5.74, 6) is -0.0430. The minimum absolute atomic E-state index is 0.0430. The van der Waals surface area contributed by atoms with Crippen LogP contribution < -0.4 is 4.90 Å². The molecule has 0 saturated carbocycles. The maximum absolute atomic E-state index is 12.8. The molecule has 4 rings (SSSR count). The van der Waals surface area contributed by atoms with Crippen molar-refractivity contribution in [3.8, 4) is 10.6 Å². The average molecular weight is 392 g/mol. The van der Waals surface area contributed by atoms with Gasteiger partial charge in [-0.15, -0.1) is 11.3 Å². The molecule has 0 radical (unpaired) electrons. The Bertz CT molecular complexity index is 915. The minimum atomic E-state index is -0.0430. The fourth-order valence-corrected chi connectivity index (χ4v) is 4.39. The van der Waals surface area contributed by atoms with Gasteiger partial charge in [0.25, 0.3) is 5.91 Å². The summed E-state index contributed by atoms with van der Waals surface area (Å²) in [6.45, 7) is 2.87. The van der Waals surface area contributed by atoms with Gasteiger partial charge in [-0.25, -0.2) is 4.98 Å². The number of hydrogen-bond donors (Lipinski definition) is 0. The van der Waals surface area contributed by atoms with Crippen LogP contribution in [0, 0.1) is 0 Å². The van der Waals surface area contributed by atoms with Crippen LogP contribution in [0.2, 0.25) is 0 Å². The normalized spacial score (nSPS) is 14.1. The molecule has 1 aromatic heterocycles. The third kappa shape index (κ3) is 4.25. The minimum Gasteiger partial charge on any atom is -0.372 e. The molecule has 1 saturated heterocycles. The van der Waals surface area contributed by atoms with Crippen LogP contribution in [0.5, 0.6) is 0 Å². The molecule has 4 nitrogen and oxygen atoms in total. The molecule has 2 aromatic carbocycles. The lowest BCUT2D eigenvalue weighted by Crippen LogP contribution is -2.29. The van der Waals surface area contributed by atoms with Gasteiger partial charge in [0, 0.05) is 43.3 Å². The van der Waals surface area contributed by atoms with E-state index in [1.165, 1.54) is 36.3 Å². The zero-order valence-electron chi connectivity index (χ0n) is 16.2. The Morgan fingerprint density at radius 2 is 1.75 bits per heavy atom. The van der Waals surface area contributed by atoms with E-state index in [-0.39, 0.29) is 5.91 Å². The van der Waals surface area contributed by atoms with Gasteiger partial charge in [-0.05, 0) is 37.0 Å². The zero-order valence-corrected chi connectivity index (χ0v) is 17.0. The number of amides is 1. The van der Waals surface area contributed by atoms with E-state index < -0.39 is 0 Å². The molecule has 1 amide bonds. The molecular formula is C23H25N3OS. The number of thiazole rings is 1. The quantitative estimate of drug-likeness (QED) is 0.609. The maximum Gasteiger partial charge on any atom is 0.273 e. The van der Waals surface area contributed by atoms with Crippen molar-refractivity contribution in [2.45, 2.75) is 25.8 Å². The molecule has 0 N–H and O–H groups in total. The summed E-state index contributed by atoms with van der Waals surface area (Å²) in [4.78, 5) is 21.5. The van der Waals surface area contributed by atoms with Crippen LogP contribution in [0.1, 0.15) is 35.3 Å². The van der Waals surface area contributed by atoms with Gasteiger partial charge in [-0.1, -0.05) is 42.5 Å². The van der Waals surface area contributed by atoms with E-state index in [0.29, 0.717) is 12.2 Å². The van der Waals surface area contributed by atoms with E-state index in [9.17, 15) is 4.79 Å². The van der Waals surface area contributed by atoms with Crippen molar-refractivity contribution in [3.63, 3.8) is 0 Å². The largest absolute Gasteiger partial charge is 0.372 e. The van der Waals surface area contributed by atoms with Gasteiger partial charge in [0.15, 0.2) is 0 Å². The Kier molecular flexibility index (Phi) is 5.72. The van der Waals surface area contributed by atoms with Crippen molar-refractivity contribution in [2.75, 3.05) is 25.0 Å². The topological polar surface area (TPSA) is 36.4 Å². The molecular weight excluding hydrogens is 366 g/mol. The van der Waals surface area contributed by atoms with E-state index in [2.05, 4.69) is 34.1 Å². The standard InChI is InChI=1S/C23H25N3OS/c1-25(16-18-10-12-20(13-11-18)26-14-6-3-7-15-26)23(27)21-17-28-22(24-21)19-8-4-2-5-9-19/h2,4-5,8-13,17H,3,6-7,14-16H2,1H3. The highest BCUT2D eigenvalue weighted by Gasteiger charge is 2.17. The first-order valence-electron chi connectivity index (χ1n) is 9.81. The molecule has 0 unspecified atom stereocenters. The Balaban J connectivity index is 1.40. The van der Waals surface area contributed by atoms with Crippen LogP contribution in [0.15, 0.2) is 60.0 Å². The van der Waals surface area contributed by atoms with Crippen LogP contribution in [0.4, 0.5) is 5.69 Å². The van der Waals surface area contributed by atoms with Gasteiger partial charge in [-0.2, -0.15) is 0 Å². The summed E-state index contributed by atoms with van der Waals surface area (Å²) >= 11 is 1.51. The second-order valence-corrected chi connectivity index (χ2v) is 8.14. The van der Waals surface area contributed by atoms with Gasteiger partial charge in [0.1, 0.15) is 10.7 Å². The van der Waals surface area contributed by atoms with Crippen molar-refractivity contribution >= 4 is 22.9 Å². The summed E-state index contributed by atoms with van der Waals surface area (Å²) < 4.78 is 0. The number of aromatic nitrogens is 1. The summed E-state index contributed by atoms with van der Waals surface area (Å²) in [5, 5.41) is 2.73. The van der Waals surface area contributed by atoms with Crippen molar-refractivity contribution in [1.29, 1.82) is 0 Å². The van der Waals surface area contributed by atoms with E-state index in [1.807, 2.05) is 42.8 Å². The number of rotatable bonds is 5. The molecule has 28 heavy (non-hydrogen) atoms. The number of hydrogen-bond acceptors (Lipinski definition) is 4. The van der Waals surface area contributed by atoms with Crippen molar-refractivity contribution in [3.05, 3.63) is 71.2 Å². The molecule has 2 heterocycles. The van der Waals surface area contributed by atoms with E-state index in [1.54, 1.807) is 4.90 Å². The van der Waals surface area contributed by atoms with Gasteiger partial charge in [0.05, 0.1) is 0 Å². The van der Waals surface area contributed by atoms with Crippen LogP contribution in [0.25, 0.3) is 10.6 Å². The fraction of sp³-hybridized carbons (Fsp3) is 0.304. The van der Waals surface area contributed by atoms with Crippen LogP contribution in [-0.4, -0.2) is 35.9 Å². The summed E-state index contributed by atoms with van der Waals surface area (Å²) in [6, 6.07) is 18.6. The van der Waals surface area contributed by atoms with Crippen molar-refractivity contribution in [1.82, 2.24) is 9.88 Å². The third-order valence-electron chi connectivity index (χ3n) is 5.17. The van der Waals surface area contributed by atoms with Gasteiger partial charge in [-0.3, -0.25) is 4.79 Å². The van der Waals surface area contributed by atoms with Crippen LogP contribution in [-0.2, 0) is 6.54 Å². The molecule has 1 aliphatic heterocycles. The summed E-state index contributed by atoms with van der Waals surface area (Å²) in [7, 11) is 1.84. The van der Waals surface area contributed by atoms with E-state index in [4.69, 9.17) is 0 Å². The van der Waals surface area contributed by atoms with Gasteiger partial charge < -0.3 is 9.80 Å². The second kappa shape index (κ2) is 8.57. The first-order valence-corrected chi connectivity index (χ1v) is 10.7. The molecule has 0 bridgehead atoms. The first-order chi connectivity index (χ1) is 13.7. The predicted octanol–water partition coefficient (Wildman–Crippen LogP) is 5.07. The molecule has 144 valence electrons. The lowest BCUT2D eigenvalue weighted by molar-refractivity contribution is 0.0780. The Labute approximate surface area is 170 Å². The van der Waals surface area contributed by atoms with Gasteiger partial charge >= 0.3 is 0 Å². The number of anilines is 1. The summed E-state index contributed by atoms with van der Waals surface area (Å²) in [6.07, 6.45) is 3.89. The van der Waals surface area contributed by atoms with E-state index in [0.717, 1.165) is 29.2 Å². The van der Waals surface area contributed by atoms with Crippen LogP contribution >= 0.6 is 11.3 Å². The lowest BCUT2D eigenvalue weighted by atomic mass is 10.1. The molecule has 0 aliphatic carbocycles. The average Bonchev–Trinajstić information content (AvgIpc) is 3.25. The maximum atomic E-state index is 12.8. The monoisotopic (exact) mass is 391 g/mol. The lowest BCUT2D eigenvalue weighted by Gasteiger charge is -2.29. The zero-order chi connectivity index (χ0) is 19.3. The van der Waals surface area contributed by atoms with E-state index >= 15 is 0 Å². The number of carbonyl (C=O) groups excluding carboxylic acids is 1. The predicted molar refractivity (Wildman–Crippen MR) is 116 cm³/mol. The number of benzene rings is 2. The SMILES string of the molecule is CN(Cc1ccc(N2CCCCC2)cc1)C(=O)c1csc(-c2ccccc2)n1. The Morgan fingerprint density at radius 1 is 1.04 bits per heavy atom. The molecule has 1 fully saturated rings. The molecule has 0 atom stereocenters. The summed E-state index contributed by atoms with van der Waals surface area (Å²) in [5.41, 5.74) is 3.97. The van der Waals surface area contributed by atoms with Gasteiger partial charge in [0.2, 0.25) is 0 Å². The molecule has 1 aliphatic rings. The Morgan fingerprint density at radius 3 is 2.46 bits per heavy atom. The highest BCUT2D eigenvalue weighted by molar-refractivity contribution is 7.13. The van der Waals surface area contributed by atoms with Crippen molar-refractivity contribution in [2.24, 2.45) is 0 Å². The smallest absolute Gasteiger partial charge is 0.273 e. The number of piperidine rings is 1. The molecule has 0 spiro atoms. The fourth-order valence-electron chi connectivity index (χ4n) is 3.59. The second-order valence-electron chi connectivity index (χ2n) is 7.28. The Hall–Kier alpha value is -2.66. The number of nitrogens with zero attached hydrogens (tertiary/aromatic N) is 3. The first kappa shape index (κ1) is 18.7.